The first kappa shape index (κ1) is 13.1. The van der Waals surface area contributed by atoms with Gasteiger partial charge in [-0.1, -0.05) is 31.5 Å². The molecule has 2 aromatic rings. The van der Waals surface area contributed by atoms with Crippen LogP contribution in [0, 0.1) is 11.8 Å². The molecule has 0 spiro atoms. The van der Waals surface area contributed by atoms with Gasteiger partial charge in [0.15, 0.2) is 0 Å². The molecule has 3 heteroatoms. The molecule has 4 aliphatic rings. The van der Waals surface area contributed by atoms with Crippen LogP contribution in [0.5, 0.6) is 0 Å². The first-order valence-corrected chi connectivity index (χ1v) is 8.77. The second-order valence-corrected chi connectivity index (χ2v) is 7.61. The molecule has 22 heavy (non-hydrogen) atoms. The number of nitrogens with one attached hydrogen (secondary N) is 1. The molecule has 2 N–H and O–H groups in total. The third kappa shape index (κ3) is 1.53. The highest BCUT2D eigenvalue weighted by Gasteiger charge is 2.57. The minimum atomic E-state index is -0.674. The Labute approximate surface area is 131 Å². The topological polar surface area (TPSA) is 39.3 Å². The summed E-state index contributed by atoms with van der Waals surface area (Å²) >= 11 is 0. The summed E-state index contributed by atoms with van der Waals surface area (Å²) in [5, 5.41) is 13.1. The second kappa shape index (κ2) is 4.36. The molecule has 6 rings (SSSR count). The number of fused-ring (bicyclic) bond motifs is 4. The number of nitrogens with zero attached hydrogens (tertiary/aromatic N) is 1. The van der Waals surface area contributed by atoms with Crippen LogP contribution in [0.3, 0.4) is 0 Å². The highest BCUT2D eigenvalue weighted by molar-refractivity contribution is 5.85. The van der Waals surface area contributed by atoms with E-state index < -0.39 is 5.60 Å². The average Bonchev–Trinajstić information content (AvgIpc) is 2.88. The zero-order valence-electron chi connectivity index (χ0n) is 13.2. The second-order valence-electron chi connectivity index (χ2n) is 7.61. The van der Waals surface area contributed by atoms with Crippen LogP contribution in [-0.2, 0) is 12.0 Å². The van der Waals surface area contributed by atoms with Crippen molar-refractivity contribution in [2.24, 2.45) is 11.8 Å². The number of aromatic amines is 1. The zero-order valence-corrected chi connectivity index (χ0v) is 13.2. The van der Waals surface area contributed by atoms with Crippen molar-refractivity contribution in [3.8, 4) is 0 Å². The minimum absolute atomic E-state index is 0.303. The lowest BCUT2D eigenvalue weighted by Crippen LogP contribution is -2.64. The molecule has 0 radical (unpaired) electrons. The Morgan fingerprint density at radius 2 is 2.23 bits per heavy atom. The first-order chi connectivity index (χ1) is 10.7. The summed E-state index contributed by atoms with van der Waals surface area (Å²) in [5.74, 6) is 1.28. The summed E-state index contributed by atoms with van der Waals surface area (Å²) in [5.41, 5.74) is 3.00. The minimum Gasteiger partial charge on any atom is -0.382 e. The third-order valence-corrected chi connectivity index (χ3v) is 6.48. The maximum Gasteiger partial charge on any atom is 0.121 e. The molecule has 1 aliphatic carbocycles. The van der Waals surface area contributed by atoms with Crippen LogP contribution in [0.1, 0.15) is 37.4 Å². The Morgan fingerprint density at radius 3 is 3.09 bits per heavy atom. The summed E-state index contributed by atoms with van der Waals surface area (Å²) < 4.78 is 0. The quantitative estimate of drug-likeness (QED) is 0.849. The van der Waals surface area contributed by atoms with Gasteiger partial charge < -0.3 is 10.1 Å². The smallest absolute Gasteiger partial charge is 0.121 e. The van der Waals surface area contributed by atoms with Gasteiger partial charge in [0.25, 0.3) is 0 Å². The van der Waals surface area contributed by atoms with Crippen LogP contribution in [0.4, 0.5) is 0 Å². The molecular formula is C19H24N2O. The van der Waals surface area contributed by atoms with E-state index in [1.54, 1.807) is 0 Å². The number of benzene rings is 1. The van der Waals surface area contributed by atoms with Crippen molar-refractivity contribution in [1.29, 1.82) is 0 Å². The van der Waals surface area contributed by atoms with Crippen molar-refractivity contribution in [3.05, 3.63) is 35.5 Å². The Morgan fingerprint density at radius 1 is 1.36 bits per heavy atom. The molecule has 4 heterocycles. The molecule has 1 aromatic heterocycles. The molecule has 5 atom stereocenters. The molecule has 0 unspecified atom stereocenters. The van der Waals surface area contributed by atoms with E-state index in [1.165, 1.54) is 35.9 Å². The number of H-pyrrole nitrogens is 1. The van der Waals surface area contributed by atoms with Crippen LogP contribution in [0.2, 0.25) is 0 Å². The fraction of sp³-hybridized carbons (Fsp3) is 0.579. The van der Waals surface area contributed by atoms with Crippen LogP contribution < -0.4 is 0 Å². The lowest BCUT2D eigenvalue weighted by Gasteiger charge is -2.57. The summed E-state index contributed by atoms with van der Waals surface area (Å²) in [4.78, 5) is 6.20. The van der Waals surface area contributed by atoms with E-state index in [4.69, 9.17) is 0 Å². The average molecular weight is 296 g/mol. The van der Waals surface area contributed by atoms with Crippen LogP contribution in [0.15, 0.2) is 24.3 Å². The van der Waals surface area contributed by atoms with Gasteiger partial charge in [0.2, 0.25) is 0 Å². The predicted molar refractivity (Wildman–Crippen MR) is 87.8 cm³/mol. The van der Waals surface area contributed by atoms with Crippen molar-refractivity contribution in [1.82, 2.24) is 9.88 Å². The van der Waals surface area contributed by atoms with Crippen LogP contribution >= 0.6 is 0 Å². The number of hydrogen-bond donors (Lipinski definition) is 2. The van der Waals surface area contributed by atoms with E-state index in [-0.39, 0.29) is 0 Å². The van der Waals surface area contributed by atoms with E-state index in [2.05, 4.69) is 41.1 Å². The predicted octanol–water partition coefficient (Wildman–Crippen LogP) is 3.03. The van der Waals surface area contributed by atoms with Gasteiger partial charge in [-0.05, 0) is 42.7 Å². The highest BCUT2D eigenvalue weighted by atomic mass is 16.3. The van der Waals surface area contributed by atoms with Gasteiger partial charge in [-0.25, -0.2) is 0 Å². The Bertz CT molecular complexity index is 736. The van der Waals surface area contributed by atoms with E-state index in [0.717, 1.165) is 25.1 Å². The SMILES string of the molecule is CC[C@H]1C[C@H]2C[N@]3CCc4c([nH]c5ccccc45)[C@](O)(C2)[C@H]13. The number of aromatic nitrogens is 1. The summed E-state index contributed by atoms with van der Waals surface area (Å²) in [6.07, 6.45) is 4.47. The van der Waals surface area contributed by atoms with E-state index in [9.17, 15) is 5.11 Å². The fourth-order valence-electron chi connectivity index (χ4n) is 5.73. The molecule has 0 amide bonds. The largest absolute Gasteiger partial charge is 0.382 e. The zero-order chi connectivity index (χ0) is 14.9. The summed E-state index contributed by atoms with van der Waals surface area (Å²) in [6.45, 7) is 4.56. The lowest BCUT2D eigenvalue weighted by atomic mass is 9.62. The van der Waals surface area contributed by atoms with Gasteiger partial charge in [0, 0.05) is 30.0 Å². The van der Waals surface area contributed by atoms with Crippen molar-refractivity contribution in [3.63, 3.8) is 0 Å². The van der Waals surface area contributed by atoms with Crippen molar-refractivity contribution < 1.29 is 5.11 Å². The van der Waals surface area contributed by atoms with Gasteiger partial charge in [0.1, 0.15) is 5.60 Å². The molecule has 3 aliphatic heterocycles. The number of aliphatic hydroxyl groups is 1. The van der Waals surface area contributed by atoms with Crippen molar-refractivity contribution in [2.75, 3.05) is 13.1 Å². The molecule has 3 fully saturated rings. The molecule has 1 aromatic carbocycles. The molecule has 2 saturated heterocycles. The van der Waals surface area contributed by atoms with Crippen molar-refractivity contribution in [2.45, 2.75) is 44.2 Å². The Kier molecular flexibility index (Phi) is 2.61. The summed E-state index contributed by atoms with van der Waals surface area (Å²) in [7, 11) is 0. The molecule has 3 nitrogen and oxygen atoms in total. The van der Waals surface area contributed by atoms with E-state index in [0.29, 0.717) is 17.9 Å². The van der Waals surface area contributed by atoms with Gasteiger partial charge in [-0.15, -0.1) is 0 Å². The normalized spacial score (nSPS) is 39.7. The molecular weight excluding hydrogens is 272 g/mol. The van der Waals surface area contributed by atoms with E-state index in [1.807, 2.05) is 0 Å². The number of para-hydroxylation sites is 1. The maximum atomic E-state index is 11.8. The van der Waals surface area contributed by atoms with E-state index >= 15 is 0 Å². The third-order valence-electron chi connectivity index (χ3n) is 6.48. The lowest BCUT2D eigenvalue weighted by molar-refractivity contribution is -0.161. The first-order valence-electron chi connectivity index (χ1n) is 8.77. The van der Waals surface area contributed by atoms with Gasteiger partial charge in [0.05, 0.1) is 5.69 Å². The Hall–Kier alpha value is -1.32. The number of hydrogen-bond acceptors (Lipinski definition) is 2. The standard InChI is InChI=1S/C19H24N2O/c1-2-13-9-12-10-19(22)17-15(7-8-21(11-12)18(13)19)14-5-3-4-6-16(14)20-17/h3-6,12-13,18,20,22H,2,7-11H2,1H3/t12-,13+,18+,19-/m1/s1. The van der Waals surface area contributed by atoms with Crippen LogP contribution in [0.25, 0.3) is 10.9 Å². The van der Waals surface area contributed by atoms with Gasteiger partial charge in [-0.2, -0.15) is 0 Å². The van der Waals surface area contributed by atoms with Gasteiger partial charge >= 0.3 is 0 Å². The van der Waals surface area contributed by atoms with Crippen LogP contribution in [-0.4, -0.2) is 34.1 Å². The Balaban J connectivity index is 1.75. The number of piperidine rings is 2. The highest BCUT2D eigenvalue weighted by Crippen LogP contribution is 2.53. The molecule has 4 bridgehead atoms. The monoisotopic (exact) mass is 296 g/mol. The molecule has 116 valence electrons. The molecule has 1 saturated carbocycles. The summed E-state index contributed by atoms with van der Waals surface area (Å²) in [6, 6.07) is 8.84. The van der Waals surface area contributed by atoms with Crippen molar-refractivity contribution >= 4 is 10.9 Å². The van der Waals surface area contributed by atoms with Gasteiger partial charge in [-0.3, -0.25) is 4.90 Å². The number of rotatable bonds is 1. The fourth-order valence-corrected chi connectivity index (χ4v) is 5.73. The maximum absolute atomic E-state index is 11.8.